The van der Waals surface area contributed by atoms with Crippen LogP contribution in [-0.2, 0) is 11.4 Å². The second-order valence-electron chi connectivity index (χ2n) is 8.05. The van der Waals surface area contributed by atoms with E-state index in [0.717, 1.165) is 11.4 Å². The number of ether oxygens (including phenoxy) is 1. The van der Waals surface area contributed by atoms with Crippen molar-refractivity contribution in [3.05, 3.63) is 129 Å². The second-order valence-corrected chi connectivity index (χ2v) is 9.87. The van der Waals surface area contributed by atoms with Gasteiger partial charge in [0, 0.05) is 0 Å². The predicted octanol–water partition coefficient (Wildman–Crippen LogP) is 8.52. The van der Waals surface area contributed by atoms with Gasteiger partial charge < -0.3 is 4.74 Å². The molecule has 0 atom stereocenters. The van der Waals surface area contributed by atoms with Gasteiger partial charge in [0.25, 0.3) is 5.91 Å². The van der Waals surface area contributed by atoms with Crippen molar-refractivity contribution in [1.29, 1.82) is 0 Å². The first-order chi connectivity index (χ1) is 18.0. The molecule has 4 aromatic carbocycles. The number of rotatable bonds is 6. The zero-order chi connectivity index (χ0) is 25.8. The van der Waals surface area contributed by atoms with Crippen LogP contribution in [-0.4, -0.2) is 11.1 Å². The third-order valence-electron chi connectivity index (χ3n) is 5.39. The number of hydrogen-bond acceptors (Lipinski definition) is 4. The van der Waals surface area contributed by atoms with E-state index in [2.05, 4.69) is 0 Å². The number of amidine groups is 1. The van der Waals surface area contributed by atoms with Crippen LogP contribution in [0.1, 0.15) is 11.1 Å². The Morgan fingerprint density at radius 2 is 1.57 bits per heavy atom. The highest BCUT2D eigenvalue weighted by Gasteiger charge is 2.34. The number of carbonyl (C=O) groups is 1. The monoisotopic (exact) mass is 548 g/mol. The van der Waals surface area contributed by atoms with Crippen LogP contribution in [0.3, 0.4) is 0 Å². The highest BCUT2D eigenvalue weighted by molar-refractivity contribution is 8.19. The molecule has 0 spiro atoms. The summed E-state index contributed by atoms with van der Waals surface area (Å²) in [4.78, 5) is 20.2. The summed E-state index contributed by atoms with van der Waals surface area (Å²) in [6, 6.07) is 28.3. The number of thioether (sulfide) groups is 1. The minimum absolute atomic E-state index is 0.108. The molecule has 4 aromatic rings. The van der Waals surface area contributed by atoms with Gasteiger partial charge in [0.1, 0.15) is 12.4 Å². The highest BCUT2D eigenvalue weighted by atomic mass is 35.5. The van der Waals surface area contributed by atoms with Crippen LogP contribution >= 0.6 is 35.0 Å². The Bertz CT molecular complexity index is 1490. The molecule has 184 valence electrons. The number of halogens is 3. The molecule has 1 amide bonds. The number of anilines is 1. The topological polar surface area (TPSA) is 41.9 Å². The standard InChI is InChI=1S/C29H19Cl2FN2O2S/c30-24-15-20(16-25(31)27(24)36-18-19-8-7-9-21(32)14-19)17-26-28(35)34(23-12-5-2-6-13-23)29(37-26)33-22-10-3-1-4-11-22/h1-17H,18H2/b26-17+,33-29?. The van der Waals surface area contributed by atoms with Crippen molar-refractivity contribution >= 4 is 63.5 Å². The summed E-state index contributed by atoms with van der Waals surface area (Å²) in [6.07, 6.45) is 1.73. The maximum atomic E-state index is 13.5. The molecule has 0 aromatic heterocycles. The fraction of sp³-hybridized carbons (Fsp3) is 0.0345. The third kappa shape index (κ3) is 5.88. The molecule has 4 nitrogen and oxygen atoms in total. The SMILES string of the molecule is O=C1/C(=C\c2cc(Cl)c(OCc3cccc(F)c3)c(Cl)c2)SC(=Nc2ccccc2)N1c1ccccc1. The summed E-state index contributed by atoms with van der Waals surface area (Å²) in [7, 11) is 0. The van der Waals surface area contributed by atoms with Crippen LogP contribution in [0.4, 0.5) is 15.8 Å². The Kier molecular flexibility index (Phi) is 7.60. The van der Waals surface area contributed by atoms with Crippen LogP contribution in [0.15, 0.2) is 107 Å². The van der Waals surface area contributed by atoms with Crippen LogP contribution in [0.25, 0.3) is 6.08 Å². The minimum atomic E-state index is -0.348. The molecule has 0 bridgehead atoms. The van der Waals surface area contributed by atoms with E-state index < -0.39 is 0 Å². The van der Waals surface area contributed by atoms with Gasteiger partial charge in [-0.25, -0.2) is 9.38 Å². The molecule has 0 unspecified atom stereocenters. The van der Waals surface area contributed by atoms with E-state index in [-0.39, 0.29) is 34.1 Å². The number of para-hydroxylation sites is 2. The lowest BCUT2D eigenvalue weighted by molar-refractivity contribution is -0.113. The first kappa shape index (κ1) is 25.1. The van der Waals surface area contributed by atoms with Crippen LogP contribution in [0.5, 0.6) is 5.75 Å². The van der Waals surface area contributed by atoms with Gasteiger partial charge in [-0.3, -0.25) is 9.69 Å². The molecule has 1 aliphatic heterocycles. The minimum Gasteiger partial charge on any atom is -0.486 e. The lowest BCUT2D eigenvalue weighted by Gasteiger charge is -2.15. The van der Waals surface area contributed by atoms with Crippen molar-refractivity contribution in [1.82, 2.24) is 0 Å². The molecule has 1 saturated heterocycles. The Hall–Kier alpha value is -3.58. The van der Waals surface area contributed by atoms with Crippen molar-refractivity contribution in [2.24, 2.45) is 4.99 Å². The van der Waals surface area contributed by atoms with Gasteiger partial charge in [-0.2, -0.15) is 0 Å². The van der Waals surface area contributed by atoms with E-state index in [4.69, 9.17) is 32.9 Å². The van der Waals surface area contributed by atoms with Crippen molar-refractivity contribution in [2.75, 3.05) is 4.90 Å². The first-order valence-corrected chi connectivity index (χ1v) is 12.8. The Labute approximate surface area is 228 Å². The molecule has 0 saturated carbocycles. The van der Waals surface area contributed by atoms with E-state index in [1.54, 1.807) is 35.2 Å². The second kappa shape index (κ2) is 11.2. The van der Waals surface area contributed by atoms with Gasteiger partial charge in [-0.15, -0.1) is 0 Å². The lowest BCUT2D eigenvalue weighted by atomic mass is 10.2. The summed E-state index contributed by atoms with van der Waals surface area (Å²) < 4.78 is 19.2. The fourth-order valence-electron chi connectivity index (χ4n) is 3.70. The zero-order valence-corrected chi connectivity index (χ0v) is 21.6. The van der Waals surface area contributed by atoms with Crippen LogP contribution < -0.4 is 9.64 Å². The summed E-state index contributed by atoms with van der Waals surface area (Å²) in [5.41, 5.74) is 2.75. The van der Waals surface area contributed by atoms with E-state index in [1.807, 2.05) is 60.7 Å². The number of hydrogen-bond donors (Lipinski definition) is 0. The maximum Gasteiger partial charge on any atom is 0.271 e. The van der Waals surface area contributed by atoms with Gasteiger partial charge in [-0.05, 0) is 77.5 Å². The normalized spacial score (nSPS) is 15.5. The van der Waals surface area contributed by atoms with Crippen molar-refractivity contribution < 1.29 is 13.9 Å². The van der Waals surface area contributed by atoms with Crippen LogP contribution in [0.2, 0.25) is 10.0 Å². The lowest BCUT2D eigenvalue weighted by Crippen LogP contribution is -2.28. The van der Waals surface area contributed by atoms with E-state index in [9.17, 15) is 9.18 Å². The van der Waals surface area contributed by atoms with Gasteiger partial charge in [-0.1, -0.05) is 71.7 Å². The number of amides is 1. The molecular formula is C29H19Cl2FN2O2S. The Morgan fingerprint density at radius 1 is 0.892 bits per heavy atom. The maximum absolute atomic E-state index is 13.5. The largest absolute Gasteiger partial charge is 0.486 e. The Balaban J connectivity index is 1.44. The van der Waals surface area contributed by atoms with Crippen LogP contribution in [0, 0.1) is 5.82 Å². The first-order valence-electron chi connectivity index (χ1n) is 11.3. The number of aliphatic imine (C=N–C) groups is 1. The van der Waals surface area contributed by atoms with E-state index >= 15 is 0 Å². The van der Waals surface area contributed by atoms with Crippen molar-refractivity contribution in [3.63, 3.8) is 0 Å². The summed E-state index contributed by atoms with van der Waals surface area (Å²) in [6.45, 7) is 0.108. The average Bonchev–Trinajstić information content (AvgIpc) is 3.18. The smallest absolute Gasteiger partial charge is 0.271 e. The number of nitrogens with zero attached hydrogens (tertiary/aromatic N) is 2. The molecule has 37 heavy (non-hydrogen) atoms. The quantitative estimate of drug-likeness (QED) is 0.227. The Morgan fingerprint density at radius 3 is 2.24 bits per heavy atom. The molecule has 1 fully saturated rings. The molecule has 5 rings (SSSR count). The molecule has 1 aliphatic rings. The zero-order valence-electron chi connectivity index (χ0n) is 19.3. The van der Waals surface area contributed by atoms with Crippen molar-refractivity contribution in [2.45, 2.75) is 6.61 Å². The van der Waals surface area contributed by atoms with Gasteiger partial charge in [0.05, 0.1) is 26.3 Å². The van der Waals surface area contributed by atoms with E-state index in [0.29, 0.717) is 21.2 Å². The van der Waals surface area contributed by atoms with Gasteiger partial charge in [0.2, 0.25) is 0 Å². The highest BCUT2D eigenvalue weighted by Crippen LogP contribution is 2.40. The van der Waals surface area contributed by atoms with Gasteiger partial charge >= 0.3 is 0 Å². The third-order valence-corrected chi connectivity index (χ3v) is 6.92. The molecule has 1 heterocycles. The summed E-state index contributed by atoms with van der Waals surface area (Å²) in [5, 5.41) is 1.11. The number of carbonyl (C=O) groups excluding carboxylic acids is 1. The summed E-state index contributed by atoms with van der Waals surface area (Å²) >= 11 is 14.2. The molecule has 0 N–H and O–H groups in total. The average molecular weight is 549 g/mol. The van der Waals surface area contributed by atoms with Gasteiger partial charge in [0.15, 0.2) is 10.9 Å². The molecular weight excluding hydrogens is 530 g/mol. The molecule has 8 heteroatoms. The molecule has 0 radical (unpaired) electrons. The van der Waals surface area contributed by atoms with Crippen molar-refractivity contribution in [3.8, 4) is 5.75 Å². The fourth-order valence-corrected chi connectivity index (χ4v) is 5.31. The van der Waals surface area contributed by atoms with E-state index in [1.165, 1.54) is 23.9 Å². The number of benzene rings is 4. The molecule has 0 aliphatic carbocycles. The summed E-state index contributed by atoms with van der Waals surface area (Å²) in [5.74, 6) is -0.263. The predicted molar refractivity (Wildman–Crippen MR) is 150 cm³/mol.